The van der Waals surface area contributed by atoms with Gasteiger partial charge >= 0.3 is 0 Å². The first-order chi connectivity index (χ1) is 6.86. The molecule has 1 fully saturated rings. The topological polar surface area (TPSA) is 0 Å². The molecule has 1 aromatic carbocycles. The van der Waals surface area contributed by atoms with E-state index in [4.69, 9.17) is 0 Å². The molecule has 1 saturated carbocycles. The minimum atomic E-state index is 0.638. The van der Waals surface area contributed by atoms with Gasteiger partial charge < -0.3 is 0 Å². The molecule has 1 spiro atoms. The molecule has 0 bridgehead atoms. The number of hydrogen-bond acceptors (Lipinski definition) is 1. The van der Waals surface area contributed by atoms with E-state index in [9.17, 15) is 0 Å². The van der Waals surface area contributed by atoms with E-state index in [2.05, 4.69) is 24.5 Å². The smallest absolute Gasteiger partial charge is 0.0104 e. The van der Waals surface area contributed by atoms with Crippen LogP contribution in [0.25, 0.3) is 0 Å². The molecule has 1 aromatic rings. The Morgan fingerprint density at radius 2 is 2.07 bits per heavy atom. The van der Waals surface area contributed by atoms with E-state index in [0.29, 0.717) is 5.41 Å². The Balaban J connectivity index is 2.15. The van der Waals surface area contributed by atoms with Crippen molar-refractivity contribution >= 4 is 11.8 Å². The lowest BCUT2D eigenvalue weighted by molar-refractivity contribution is 0.536. The van der Waals surface area contributed by atoms with Crippen molar-refractivity contribution in [3.63, 3.8) is 0 Å². The third kappa shape index (κ3) is 1.15. The highest BCUT2D eigenvalue weighted by Gasteiger charge is 2.46. The first-order valence-corrected chi connectivity index (χ1v) is 6.75. The van der Waals surface area contributed by atoms with Gasteiger partial charge in [0, 0.05) is 4.90 Å². The summed E-state index contributed by atoms with van der Waals surface area (Å²) in [6.07, 6.45) is 9.25. The summed E-state index contributed by atoms with van der Waals surface area (Å²) in [5.41, 5.74) is 4.00. The molecule has 1 heteroatoms. The molecule has 0 aliphatic heterocycles. The van der Waals surface area contributed by atoms with Gasteiger partial charge in [-0.05, 0) is 61.0 Å². The predicted octanol–water partition coefficient (Wildman–Crippen LogP) is 3.78. The molecule has 0 aromatic heterocycles. The molecule has 0 saturated heterocycles. The second kappa shape index (κ2) is 3.03. The molecule has 14 heavy (non-hydrogen) atoms. The average molecular weight is 204 g/mol. The first-order valence-electron chi connectivity index (χ1n) is 5.52. The lowest BCUT2D eigenvalue weighted by Crippen LogP contribution is -2.16. The maximum atomic E-state index is 2.38. The summed E-state index contributed by atoms with van der Waals surface area (Å²) in [5.74, 6) is 0. The Hall–Kier alpha value is -0.430. The van der Waals surface area contributed by atoms with Crippen molar-refractivity contribution in [2.24, 2.45) is 0 Å². The fourth-order valence-corrected chi connectivity index (χ4v) is 3.59. The van der Waals surface area contributed by atoms with E-state index in [0.717, 1.165) is 0 Å². The molecular formula is C13H16S. The van der Waals surface area contributed by atoms with Gasteiger partial charge in [-0.25, -0.2) is 0 Å². The van der Waals surface area contributed by atoms with Crippen molar-refractivity contribution in [3.8, 4) is 0 Å². The van der Waals surface area contributed by atoms with Gasteiger partial charge in [-0.2, -0.15) is 0 Å². The Kier molecular flexibility index (Phi) is 1.91. The third-order valence-corrected chi connectivity index (χ3v) is 4.68. The highest BCUT2D eigenvalue weighted by Crippen LogP contribution is 2.56. The van der Waals surface area contributed by atoms with Crippen LogP contribution < -0.4 is 0 Å². The zero-order valence-corrected chi connectivity index (χ0v) is 9.49. The van der Waals surface area contributed by atoms with Crippen LogP contribution >= 0.6 is 11.8 Å². The largest absolute Gasteiger partial charge is 0.129 e. The standard InChI is InChI=1S/C13H16S/c1-14-12-6-2-5-11-10(12)4-3-7-13(11)8-9-13/h2,5-6H,3-4,7-9H2,1H3. The van der Waals surface area contributed by atoms with Crippen molar-refractivity contribution in [2.75, 3.05) is 6.26 Å². The maximum Gasteiger partial charge on any atom is 0.0104 e. The van der Waals surface area contributed by atoms with Crippen LogP contribution in [0.2, 0.25) is 0 Å². The van der Waals surface area contributed by atoms with Gasteiger partial charge in [0.25, 0.3) is 0 Å². The Morgan fingerprint density at radius 1 is 1.21 bits per heavy atom. The minimum Gasteiger partial charge on any atom is -0.129 e. The van der Waals surface area contributed by atoms with Crippen molar-refractivity contribution in [3.05, 3.63) is 29.3 Å². The fraction of sp³-hybridized carbons (Fsp3) is 0.538. The number of fused-ring (bicyclic) bond motifs is 2. The van der Waals surface area contributed by atoms with Crippen LogP contribution in [0.4, 0.5) is 0 Å². The Morgan fingerprint density at radius 3 is 2.79 bits per heavy atom. The molecule has 0 atom stereocenters. The van der Waals surface area contributed by atoms with E-state index in [1.807, 2.05) is 11.8 Å². The number of hydrogen-bond donors (Lipinski definition) is 0. The molecule has 0 unspecified atom stereocenters. The summed E-state index contributed by atoms with van der Waals surface area (Å²) < 4.78 is 0. The number of thioether (sulfide) groups is 1. The van der Waals surface area contributed by atoms with Crippen LogP contribution in [-0.2, 0) is 11.8 Å². The van der Waals surface area contributed by atoms with E-state index in [1.54, 1.807) is 11.1 Å². The molecule has 2 aliphatic rings. The molecule has 0 heterocycles. The first kappa shape index (κ1) is 8.84. The predicted molar refractivity (Wildman–Crippen MR) is 62.1 cm³/mol. The SMILES string of the molecule is CSc1cccc2c1CCCC21CC1. The quantitative estimate of drug-likeness (QED) is 0.627. The molecule has 0 nitrogen and oxygen atoms in total. The monoisotopic (exact) mass is 204 g/mol. The minimum absolute atomic E-state index is 0.638. The lowest BCUT2D eigenvalue weighted by Gasteiger charge is -2.26. The van der Waals surface area contributed by atoms with E-state index in [1.165, 1.54) is 37.0 Å². The second-order valence-corrected chi connectivity index (χ2v) is 5.47. The van der Waals surface area contributed by atoms with Gasteiger partial charge in [-0.1, -0.05) is 12.1 Å². The number of rotatable bonds is 1. The van der Waals surface area contributed by atoms with Gasteiger partial charge in [0.05, 0.1) is 0 Å². The van der Waals surface area contributed by atoms with Gasteiger partial charge in [0.1, 0.15) is 0 Å². The summed E-state index contributed by atoms with van der Waals surface area (Å²) in [5, 5.41) is 0. The van der Waals surface area contributed by atoms with Gasteiger partial charge in [-0.15, -0.1) is 11.8 Å². The molecule has 0 amide bonds. The van der Waals surface area contributed by atoms with Crippen LogP contribution in [0.5, 0.6) is 0 Å². The zero-order valence-electron chi connectivity index (χ0n) is 8.68. The molecule has 0 radical (unpaired) electrons. The molecule has 74 valence electrons. The molecule has 0 N–H and O–H groups in total. The van der Waals surface area contributed by atoms with Crippen LogP contribution in [0, 0.1) is 0 Å². The fourth-order valence-electron chi connectivity index (χ4n) is 2.92. The highest BCUT2D eigenvalue weighted by molar-refractivity contribution is 7.98. The highest BCUT2D eigenvalue weighted by atomic mass is 32.2. The lowest BCUT2D eigenvalue weighted by atomic mass is 9.80. The van der Waals surface area contributed by atoms with Crippen LogP contribution in [-0.4, -0.2) is 6.26 Å². The molecule has 2 aliphatic carbocycles. The summed E-state index contributed by atoms with van der Waals surface area (Å²) in [6.45, 7) is 0. The maximum absolute atomic E-state index is 2.38. The summed E-state index contributed by atoms with van der Waals surface area (Å²) in [7, 11) is 0. The van der Waals surface area contributed by atoms with Gasteiger partial charge in [-0.3, -0.25) is 0 Å². The summed E-state index contributed by atoms with van der Waals surface area (Å²) in [4.78, 5) is 1.52. The summed E-state index contributed by atoms with van der Waals surface area (Å²) in [6, 6.07) is 6.90. The van der Waals surface area contributed by atoms with E-state index >= 15 is 0 Å². The Bertz CT molecular complexity index is 363. The summed E-state index contributed by atoms with van der Waals surface area (Å²) >= 11 is 1.91. The van der Waals surface area contributed by atoms with Crippen molar-refractivity contribution in [1.29, 1.82) is 0 Å². The van der Waals surface area contributed by atoms with Gasteiger partial charge in [0.2, 0.25) is 0 Å². The van der Waals surface area contributed by atoms with Crippen molar-refractivity contribution in [2.45, 2.75) is 42.4 Å². The normalized spacial score (nSPS) is 22.1. The van der Waals surface area contributed by atoms with Crippen LogP contribution in [0.1, 0.15) is 36.8 Å². The molecular weight excluding hydrogens is 188 g/mol. The van der Waals surface area contributed by atoms with E-state index in [-0.39, 0.29) is 0 Å². The average Bonchev–Trinajstić information content (AvgIpc) is 2.99. The van der Waals surface area contributed by atoms with Crippen molar-refractivity contribution < 1.29 is 0 Å². The second-order valence-electron chi connectivity index (χ2n) is 4.62. The van der Waals surface area contributed by atoms with Crippen LogP contribution in [0.15, 0.2) is 23.1 Å². The zero-order chi connectivity index (χ0) is 9.60. The van der Waals surface area contributed by atoms with Crippen LogP contribution in [0.3, 0.4) is 0 Å². The Labute approximate surface area is 90.1 Å². The molecule has 3 rings (SSSR count). The van der Waals surface area contributed by atoms with Crippen molar-refractivity contribution in [1.82, 2.24) is 0 Å². The van der Waals surface area contributed by atoms with Gasteiger partial charge in [0.15, 0.2) is 0 Å². The third-order valence-electron chi connectivity index (χ3n) is 3.86. The number of benzene rings is 1. The van der Waals surface area contributed by atoms with E-state index < -0.39 is 0 Å².